The van der Waals surface area contributed by atoms with Crippen molar-refractivity contribution in [3.05, 3.63) is 53.4 Å². The first-order valence-corrected chi connectivity index (χ1v) is 9.27. The van der Waals surface area contributed by atoms with Crippen molar-refractivity contribution in [1.29, 1.82) is 0 Å². The molecule has 0 saturated heterocycles. The van der Waals surface area contributed by atoms with Crippen LogP contribution in [0.1, 0.15) is 19.4 Å². The monoisotopic (exact) mass is 338 g/mol. The van der Waals surface area contributed by atoms with Crippen LogP contribution in [0.25, 0.3) is 0 Å². The number of carbonyl (C=O) groups is 1. The molecule has 118 valence electrons. The second kappa shape index (κ2) is 6.62. The van der Waals surface area contributed by atoms with E-state index in [4.69, 9.17) is 4.74 Å². The molecule has 4 nitrogen and oxygen atoms in total. The van der Waals surface area contributed by atoms with Gasteiger partial charge in [-0.15, -0.1) is 11.3 Å². The first-order chi connectivity index (χ1) is 10.4. The molecule has 0 aliphatic carbocycles. The molecular formula is C16H18O4S2. The third kappa shape index (κ3) is 3.08. The van der Waals surface area contributed by atoms with Crippen molar-refractivity contribution in [3.8, 4) is 0 Å². The van der Waals surface area contributed by atoms with E-state index in [9.17, 15) is 13.2 Å². The Labute approximate surface area is 134 Å². The van der Waals surface area contributed by atoms with Gasteiger partial charge in [0, 0.05) is 6.42 Å². The summed E-state index contributed by atoms with van der Waals surface area (Å²) in [6, 6.07) is 12.3. The van der Waals surface area contributed by atoms with Gasteiger partial charge < -0.3 is 4.74 Å². The zero-order valence-corrected chi connectivity index (χ0v) is 14.1. The van der Waals surface area contributed by atoms with Gasteiger partial charge >= 0.3 is 5.97 Å². The third-order valence-electron chi connectivity index (χ3n) is 3.44. The summed E-state index contributed by atoms with van der Waals surface area (Å²) in [5.41, 5.74) is 0.776. The Morgan fingerprint density at radius 1 is 1.18 bits per heavy atom. The molecule has 1 atom stereocenters. The van der Waals surface area contributed by atoms with Crippen molar-refractivity contribution in [1.82, 2.24) is 0 Å². The summed E-state index contributed by atoms with van der Waals surface area (Å²) in [5.74, 6) is -0.716. The summed E-state index contributed by atoms with van der Waals surface area (Å²) in [4.78, 5) is 12.4. The molecule has 1 aromatic carbocycles. The number of hydrogen-bond acceptors (Lipinski definition) is 5. The summed E-state index contributed by atoms with van der Waals surface area (Å²) in [6.45, 7) is 3.24. The normalized spacial score (nSPS) is 14.3. The lowest BCUT2D eigenvalue weighted by Crippen LogP contribution is -2.46. The highest BCUT2D eigenvalue weighted by Crippen LogP contribution is 2.33. The number of thiophene rings is 1. The van der Waals surface area contributed by atoms with Gasteiger partial charge in [0.1, 0.15) is 4.21 Å². The molecule has 0 amide bonds. The van der Waals surface area contributed by atoms with Gasteiger partial charge in [0.25, 0.3) is 0 Å². The molecule has 0 N–H and O–H groups in total. The molecule has 2 rings (SSSR count). The molecule has 0 aliphatic rings. The second-order valence-electron chi connectivity index (χ2n) is 5.05. The van der Waals surface area contributed by atoms with Crippen LogP contribution in [0.5, 0.6) is 0 Å². The molecule has 0 fully saturated rings. The van der Waals surface area contributed by atoms with Crippen LogP contribution in [-0.2, 0) is 25.8 Å². The minimum atomic E-state index is -3.83. The molecule has 0 bridgehead atoms. The molecule has 1 heterocycles. The van der Waals surface area contributed by atoms with Crippen LogP contribution >= 0.6 is 11.3 Å². The quantitative estimate of drug-likeness (QED) is 0.760. The van der Waals surface area contributed by atoms with Gasteiger partial charge in [0.15, 0.2) is 4.75 Å². The van der Waals surface area contributed by atoms with E-state index in [0.717, 1.165) is 16.9 Å². The fraction of sp³-hybridized carbons (Fsp3) is 0.312. The molecule has 0 aliphatic heterocycles. The highest BCUT2D eigenvalue weighted by molar-refractivity contribution is 7.95. The number of rotatable bonds is 6. The van der Waals surface area contributed by atoms with Crippen LogP contribution in [0, 0.1) is 0 Å². The Morgan fingerprint density at radius 2 is 1.86 bits per heavy atom. The Bertz CT molecular complexity index is 721. The van der Waals surface area contributed by atoms with Crippen molar-refractivity contribution in [3.63, 3.8) is 0 Å². The molecule has 0 spiro atoms. The highest BCUT2D eigenvalue weighted by atomic mass is 32.2. The fourth-order valence-corrected chi connectivity index (χ4v) is 5.19. The topological polar surface area (TPSA) is 60.4 Å². The molecule has 1 unspecified atom stereocenters. The standard InChI is InChI=1S/C16H18O4S2/c1-3-20-15(17)16(2,12-13-8-5-4-6-9-13)22(18,19)14-10-7-11-21-14/h4-11H,3,12H2,1-2H3. The summed E-state index contributed by atoms with van der Waals surface area (Å²) in [6.07, 6.45) is 0.0763. The van der Waals surface area contributed by atoms with Gasteiger partial charge in [-0.3, -0.25) is 4.79 Å². The molecule has 2 aromatic rings. The number of benzene rings is 1. The lowest BCUT2D eigenvalue weighted by molar-refractivity contribution is -0.145. The summed E-state index contributed by atoms with van der Waals surface area (Å²) in [5, 5.41) is 1.68. The predicted octanol–water partition coefficient (Wildman–Crippen LogP) is 3.09. The molecule has 0 saturated carbocycles. The van der Waals surface area contributed by atoms with Gasteiger partial charge in [0.2, 0.25) is 9.84 Å². The summed E-state index contributed by atoms with van der Waals surface area (Å²) >= 11 is 1.11. The predicted molar refractivity (Wildman–Crippen MR) is 86.7 cm³/mol. The number of ether oxygens (including phenoxy) is 1. The van der Waals surface area contributed by atoms with Gasteiger partial charge in [-0.25, -0.2) is 8.42 Å². The van der Waals surface area contributed by atoms with Crippen molar-refractivity contribution < 1.29 is 17.9 Å². The van der Waals surface area contributed by atoms with E-state index in [0.29, 0.717) is 0 Å². The van der Waals surface area contributed by atoms with Crippen LogP contribution in [0.15, 0.2) is 52.1 Å². The SMILES string of the molecule is CCOC(=O)C(C)(Cc1ccccc1)S(=O)(=O)c1cccs1. The van der Waals surface area contributed by atoms with Crippen LogP contribution in [0.2, 0.25) is 0 Å². The summed E-state index contributed by atoms with van der Waals surface area (Å²) < 4.78 is 29.5. The van der Waals surface area contributed by atoms with Gasteiger partial charge in [-0.2, -0.15) is 0 Å². The maximum atomic E-state index is 12.9. The van der Waals surface area contributed by atoms with Gasteiger partial charge in [-0.05, 0) is 30.9 Å². The van der Waals surface area contributed by atoms with E-state index in [1.165, 1.54) is 13.0 Å². The van der Waals surface area contributed by atoms with Gasteiger partial charge in [0.05, 0.1) is 6.61 Å². The van der Waals surface area contributed by atoms with Crippen LogP contribution in [0.4, 0.5) is 0 Å². The molecule has 6 heteroatoms. The van der Waals surface area contributed by atoms with Gasteiger partial charge in [-0.1, -0.05) is 36.4 Å². The molecule has 0 radical (unpaired) electrons. The number of sulfone groups is 1. The minimum absolute atomic E-state index is 0.0763. The first kappa shape index (κ1) is 16.7. The zero-order valence-electron chi connectivity index (χ0n) is 12.5. The lowest BCUT2D eigenvalue weighted by Gasteiger charge is -2.26. The van der Waals surface area contributed by atoms with E-state index < -0.39 is 20.6 Å². The lowest BCUT2D eigenvalue weighted by atomic mass is 10.0. The van der Waals surface area contributed by atoms with Crippen LogP contribution in [0.3, 0.4) is 0 Å². The average Bonchev–Trinajstić information content (AvgIpc) is 3.03. The maximum Gasteiger partial charge on any atom is 0.327 e. The second-order valence-corrected chi connectivity index (χ2v) is 8.60. The Kier molecular flexibility index (Phi) is 5.03. The van der Waals surface area contributed by atoms with Crippen molar-refractivity contribution in [2.75, 3.05) is 6.61 Å². The Hall–Kier alpha value is -1.66. The number of esters is 1. The average molecular weight is 338 g/mol. The maximum absolute atomic E-state index is 12.9. The smallest absolute Gasteiger partial charge is 0.327 e. The van der Waals surface area contributed by atoms with E-state index in [2.05, 4.69) is 0 Å². The van der Waals surface area contributed by atoms with E-state index in [-0.39, 0.29) is 17.2 Å². The van der Waals surface area contributed by atoms with Crippen LogP contribution in [-0.4, -0.2) is 25.7 Å². The fourth-order valence-electron chi connectivity index (χ4n) is 2.18. The van der Waals surface area contributed by atoms with Crippen molar-refractivity contribution >= 4 is 27.1 Å². The van der Waals surface area contributed by atoms with E-state index in [1.54, 1.807) is 30.5 Å². The number of hydrogen-bond donors (Lipinski definition) is 0. The summed E-state index contributed by atoms with van der Waals surface area (Å²) in [7, 11) is -3.83. The molecule has 22 heavy (non-hydrogen) atoms. The van der Waals surface area contributed by atoms with Crippen molar-refractivity contribution in [2.24, 2.45) is 0 Å². The largest absolute Gasteiger partial charge is 0.465 e. The minimum Gasteiger partial charge on any atom is -0.465 e. The van der Waals surface area contributed by atoms with E-state index >= 15 is 0 Å². The molecular weight excluding hydrogens is 320 g/mol. The molecule has 1 aromatic heterocycles. The Morgan fingerprint density at radius 3 is 2.41 bits per heavy atom. The van der Waals surface area contributed by atoms with E-state index in [1.807, 2.05) is 18.2 Å². The first-order valence-electron chi connectivity index (χ1n) is 6.91. The van der Waals surface area contributed by atoms with Crippen LogP contribution < -0.4 is 0 Å². The third-order valence-corrected chi connectivity index (χ3v) is 7.22. The number of carbonyl (C=O) groups excluding carboxylic acids is 1. The Balaban J connectivity index is 2.49. The van der Waals surface area contributed by atoms with Crippen molar-refractivity contribution in [2.45, 2.75) is 29.2 Å². The highest BCUT2D eigenvalue weighted by Gasteiger charge is 2.49. The zero-order chi connectivity index (χ0) is 16.2.